The molecule has 4 N–H and O–H groups in total. The second-order valence-corrected chi connectivity index (χ2v) is 22.7. The SMILES string of the molecule is CCCCCCCCCCCCCCC/C=C/CC/C=C/C(O)C(CO)NC(=O)C(O)CCCCCCCCCCCCCCCCCCCCCCCCCCCCCCCCCCCCCCCC. The van der Waals surface area contributed by atoms with E-state index >= 15 is 0 Å². The molecule has 0 aliphatic rings. The van der Waals surface area contributed by atoms with Gasteiger partial charge in [-0.3, -0.25) is 4.79 Å². The van der Waals surface area contributed by atoms with E-state index in [1.165, 1.54) is 308 Å². The van der Waals surface area contributed by atoms with Crippen molar-refractivity contribution in [2.75, 3.05) is 6.61 Å². The van der Waals surface area contributed by atoms with Crippen molar-refractivity contribution in [3.05, 3.63) is 24.3 Å². The fourth-order valence-corrected chi connectivity index (χ4v) is 10.5. The summed E-state index contributed by atoms with van der Waals surface area (Å²) in [5.41, 5.74) is 0. The fraction of sp³-hybridized carbons (Fsp3) is 0.924. The van der Waals surface area contributed by atoms with Crippen LogP contribution in [0, 0.1) is 0 Å². The van der Waals surface area contributed by atoms with Crippen LogP contribution in [0.15, 0.2) is 24.3 Å². The van der Waals surface area contributed by atoms with E-state index in [0.29, 0.717) is 6.42 Å². The van der Waals surface area contributed by atoms with E-state index in [1.807, 2.05) is 6.08 Å². The molecule has 0 radical (unpaired) electrons. The zero-order valence-corrected chi connectivity index (χ0v) is 48.4. The molecule has 0 rings (SSSR count). The van der Waals surface area contributed by atoms with E-state index in [0.717, 1.165) is 38.5 Å². The van der Waals surface area contributed by atoms with Crippen molar-refractivity contribution in [1.82, 2.24) is 5.32 Å². The summed E-state index contributed by atoms with van der Waals surface area (Å²) in [6.07, 6.45) is 80.3. The van der Waals surface area contributed by atoms with E-state index < -0.39 is 24.2 Å². The third-order valence-electron chi connectivity index (χ3n) is 15.5. The van der Waals surface area contributed by atoms with Gasteiger partial charge in [-0.2, -0.15) is 0 Å². The van der Waals surface area contributed by atoms with Gasteiger partial charge in [-0.25, -0.2) is 0 Å². The predicted molar refractivity (Wildman–Crippen MR) is 315 cm³/mol. The number of unbranched alkanes of at least 4 members (excludes halogenated alkanes) is 51. The zero-order valence-electron chi connectivity index (χ0n) is 48.4. The molecule has 3 unspecified atom stereocenters. The van der Waals surface area contributed by atoms with E-state index in [4.69, 9.17) is 0 Å². The van der Waals surface area contributed by atoms with Gasteiger partial charge in [0.05, 0.1) is 18.8 Å². The van der Waals surface area contributed by atoms with Crippen molar-refractivity contribution >= 4 is 5.91 Å². The molecule has 0 spiro atoms. The maximum absolute atomic E-state index is 12.6. The van der Waals surface area contributed by atoms with Crippen molar-refractivity contribution in [2.45, 2.75) is 385 Å². The molecular weight excluding hydrogens is 871 g/mol. The third-order valence-corrected chi connectivity index (χ3v) is 15.5. The molecular formula is C66H129NO4. The Balaban J connectivity index is 3.46. The van der Waals surface area contributed by atoms with E-state index in [1.54, 1.807) is 6.08 Å². The lowest BCUT2D eigenvalue weighted by atomic mass is 10.0. The lowest BCUT2D eigenvalue weighted by molar-refractivity contribution is -0.131. The highest BCUT2D eigenvalue weighted by Gasteiger charge is 2.22. The van der Waals surface area contributed by atoms with Crippen LogP contribution in [0.3, 0.4) is 0 Å². The van der Waals surface area contributed by atoms with Gasteiger partial charge >= 0.3 is 0 Å². The Kier molecular flexibility index (Phi) is 60.4. The normalized spacial score (nSPS) is 13.3. The second-order valence-electron chi connectivity index (χ2n) is 22.7. The first-order valence-corrected chi connectivity index (χ1v) is 32.7. The highest BCUT2D eigenvalue weighted by molar-refractivity contribution is 5.80. The van der Waals surface area contributed by atoms with Gasteiger partial charge in [0.15, 0.2) is 0 Å². The van der Waals surface area contributed by atoms with Gasteiger partial charge in [0.1, 0.15) is 6.10 Å². The minimum absolute atomic E-state index is 0.372. The molecule has 0 aromatic rings. The van der Waals surface area contributed by atoms with E-state index in [2.05, 4.69) is 31.3 Å². The van der Waals surface area contributed by atoms with Gasteiger partial charge in [0, 0.05) is 0 Å². The quantitative estimate of drug-likeness (QED) is 0.0361. The summed E-state index contributed by atoms with van der Waals surface area (Å²) in [5.74, 6) is -0.505. The first kappa shape index (κ1) is 69.8. The highest BCUT2D eigenvalue weighted by Crippen LogP contribution is 2.19. The van der Waals surface area contributed by atoms with Gasteiger partial charge in [-0.05, 0) is 32.1 Å². The number of nitrogens with one attached hydrogen (secondary N) is 1. The Morgan fingerprint density at radius 3 is 0.859 bits per heavy atom. The second kappa shape index (κ2) is 61.4. The Hall–Kier alpha value is -1.17. The molecule has 0 aromatic heterocycles. The Morgan fingerprint density at radius 1 is 0.338 bits per heavy atom. The minimum atomic E-state index is -1.10. The number of carbonyl (C=O) groups excluding carboxylic acids is 1. The number of allylic oxidation sites excluding steroid dienone is 3. The molecule has 71 heavy (non-hydrogen) atoms. The summed E-state index contributed by atoms with van der Waals surface area (Å²) >= 11 is 0. The maximum Gasteiger partial charge on any atom is 0.249 e. The minimum Gasteiger partial charge on any atom is -0.394 e. The Bertz CT molecular complexity index is 1060. The molecule has 0 aliphatic carbocycles. The molecule has 3 atom stereocenters. The lowest BCUT2D eigenvalue weighted by Gasteiger charge is -2.21. The summed E-state index contributed by atoms with van der Waals surface area (Å²) in [4.78, 5) is 12.6. The number of aliphatic hydroxyl groups excluding tert-OH is 3. The van der Waals surface area contributed by atoms with Gasteiger partial charge in [-0.15, -0.1) is 0 Å². The van der Waals surface area contributed by atoms with Crippen LogP contribution in [0.2, 0.25) is 0 Å². The summed E-state index contributed by atoms with van der Waals surface area (Å²) in [7, 11) is 0. The molecule has 1 amide bonds. The number of rotatable bonds is 61. The van der Waals surface area contributed by atoms with E-state index in [9.17, 15) is 20.1 Å². The molecule has 0 bridgehead atoms. The first-order valence-electron chi connectivity index (χ1n) is 32.7. The number of carbonyl (C=O) groups is 1. The molecule has 0 aliphatic heterocycles. The van der Waals surface area contributed by atoms with Crippen molar-refractivity contribution in [3.63, 3.8) is 0 Å². The van der Waals surface area contributed by atoms with Crippen LogP contribution in [-0.4, -0.2) is 46.1 Å². The van der Waals surface area contributed by atoms with Crippen LogP contribution in [0.5, 0.6) is 0 Å². The summed E-state index contributed by atoms with van der Waals surface area (Å²) in [6, 6.07) is -0.813. The Morgan fingerprint density at radius 2 is 0.577 bits per heavy atom. The van der Waals surface area contributed by atoms with Crippen LogP contribution in [0.4, 0.5) is 0 Å². The molecule has 0 saturated carbocycles. The first-order chi connectivity index (χ1) is 35.1. The highest BCUT2D eigenvalue weighted by atomic mass is 16.3. The molecule has 5 nitrogen and oxygen atoms in total. The third kappa shape index (κ3) is 56.4. The molecule has 0 heterocycles. The van der Waals surface area contributed by atoms with Crippen molar-refractivity contribution < 1.29 is 20.1 Å². The molecule has 422 valence electrons. The summed E-state index contributed by atoms with van der Waals surface area (Å²) in [6.45, 7) is 4.21. The fourth-order valence-electron chi connectivity index (χ4n) is 10.5. The van der Waals surface area contributed by atoms with Crippen LogP contribution < -0.4 is 5.32 Å². The van der Waals surface area contributed by atoms with E-state index in [-0.39, 0.29) is 6.61 Å². The number of aliphatic hydroxyl groups is 3. The van der Waals surface area contributed by atoms with Crippen LogP contribution in [0.25, 0.3) is 0 Å². The molecule has 5 heteroatoms. The van der Waals surface area contributed by atoms with Gasteiger partial charge in [0.25, 0.3) is 0 Å². The van der Waals surface area contributed by atoms with Gasteiger partial charge in [-0.1, -0.05) is 359 Å². The van der Waals surface area contributed by atoms with Crippen LogP contribution in [0.1, 0.15) is 367 Å². The van der Waals surface area contributed by atoms with Gasteiger partial charge < -0.3 is 20.6 Å². The Labute approximate surface area is 445 Å². The predicted octanol–water partition coefficient (Wildman–Crippen LogP) is 20.8. The standard InChI is InChI=1S/C66H129NO4/c1-3-5-7-9-11-13-15-17-19-21-23-24-25-26-27-28-29-30-31-32-33-34-35-36-37-38-39-40-41-43-45-47-49-51-53-55-57-59-61-65(70)66(71)67-63(62-68)64(69)60-58-56-54-52-50-48-46-44-42-22-20-18-16-14-12-10-8-6-4-2/h50,52,58,60,63-65,68-70H,3-49,51,53-57,59,61-62H2,1-2H3,(H,67,71)/b52-50+,60-58+. The summed E-state index contributed by atoms with van der Waals surface area (Å²) < 4.78 is 0. The topological polar surface area (TPSA) is 89.8 Å². The summed E-state index contributed by atoms with van der Waals surface area (Å²) in [5, 5.41) is 33.4. The molecule has 0 saturated heterocycles. The van der Waals surface area contributed by atoms with Crippen molar-refractivity contribution in [1.29, 1.82) is 0 Å². The molecule has 0 aromatic carbocycles. The maximum atomic E-state index is 12.6. The monoisotopic (exact) mass is 1000 g/mol. The van der Waals surface area contributed by atoms with Crippen LogP contribution >= 0.6 is 0 Å². The largest absolute Gasteiger partial charge is 0.394 e. The number of amides is 1. The smallest absolute Gasteiger partial charge is 0.249 e. The number of hydrogen-bond donors (Lipinski definition) is 4. The van der Waals surface area contributed by atoms with Gasteiger partial charge in [0.2, 0.25) is 5.91 Å². The zero-order chi connectivity index (χ0) is 51.4. The average Bonchev–Trinajstić information content (AvgIpc) is 3.38. The number of hydrogen-bond acceptors (Lipinski definition) is 4. The lowest BCUT2D eigenvalue weighted by Crippen LogP contribution is -2.48. The van der Waals surface area contributed by atoms with Crippen LogP contribution in [-0.2, 0) is 4.79 Å². The average molecular weight is 1000 g/mol. The van der Waals surface area contributed by atoms with Crippen molar-refractivity contribution in [3.8, 4) is 0 Å². The molecule has 0 fully saturated rings. The van der Waals surface area contributed by atoms with Crippen molar-refractivity contribution in [2.24, 2.45) is 0 Å².